The molecule has 5 heteroatoms. The third kappa shape index (κ3) is 3.30. The van der Waals surface area contributed by atoms with Gasteiger partial charge >= 0.3 is 0 Å². The number of anilines is 2. The fourth-order valence-electron chi connectivity index (χ4n) is 2.38. The molecule has 0 saturated carbocycles. The molecule has 106 valence electrons. The monoisotopic (exact) mass is 266 g/mol. The summed E-state index contributed by atoms with van der Waals surface area (Å²) in [6.07, 6.45) is 1.34. The Labute approximate surface area is 113 Å². The molecule has 1 saturated heterocycles. The van der Waals surface area contributed by atoms with Gasteiger partial charge in [-0.1, -0.05) is 0 Å². The van der Waals surface area contributed by atoms with Gasteiger partial charge in [0.1, 0.15) is 5.75 Å². The molecule has 3 N–H and O–H groups in total. The minimum Gasteiger partial charge on any atom is -0.495 e. The van der Waals surface area contributed by atoms with Gasteiger partial charge < -0.3 is 25.2 Å². The Morgan fingerprint density at radius 3 is 2.74 bits per heavy atom. The number of ether oxygens (including phenoxy) is 2. The topological polar surface area (TPSA) is 68.0 Å². The van der Waals surface area contributed by atoms with E-state index in [1.54, 1.807) is 7.11 Å². The van der Waals surface area contributed by atoms with Crippen LogP contribution in [0, 0.1) is 0 Å². The van der Waals surface area contributed by atoms with Crippen LogP contribution in [0.4, 0.5) is 11.4 Å². The van der Waals surface area contributed by atoms with E-state index in [1.807, 2.05) is 30.1 Å². The number of aliphatic hydroxyl groups is 1. The lowest BCUT2D eigenvalue weighted by molar-refractivity contribution is -0.0572. The van der Waals surface area contributed by atoms with Crippen molar-refractivity contribution in [3.05, 3.63) is 18.2 Å². The number of hydrogen-bond acceptors (Lipinski definition) is 5. The molecule has 0 aliphatic carbocycles. The first-order valence-corrected chi connectivity index (χ1v) is 6.49. The lowest BCUT2D eigenvalue weighted by Crippen LogP contribution is -2.45. The van der Waals surface area contributed by atoms with Crippen LogP contribution in [0.15, 0.2) is 18.2 Å². The normalized spacial score (nSPS) is 18.1. The summed E-state index contributed by atoms with van der Waals surface area (Å²) in [5.74, 6) is 0.656. The molecule has 1 aromatic carbocycles. The predicted octanol–water partition coefficient (Wildman–Crippen LogP) is 1.26. The molecule has 1 heterocycles. The van der Waals surface area contributed by atoms with E-state index in [0.29, 0.717) is 44.0 Å². The molecule has 1 aliphatic heterocycles. The summed E-state index contributed by atoms with van der Waals surface area (Å²) >= 11 is 0. The Balaban J connectivity index is 2.08. The van der Waals surface area contributed by atoms with E-state index in [4.69, 9.17) is 15.2 Å². The smallest absolute Gasteiger partial charge is 0.143 e. The van der Waals surface area contributed by atoms with E-state index in [2.05, 4.69) is 0 Å². The lowest BCUT2D eigenvalue weighted by Gasteiger charge is -2.36. The number of methoxy groups -OCH3 is 1. The Morgan fingerprint density at radius 2 is 2.11 bits per heavy atom. The molecule has 0 bridgehead atoms. The van der Waals surface area contributed by atoms with Crippen molar-refractivity contribution in [1.29, 1.82) is 0 Å². The molecule has 0 amide bonds. The van der Waals surface area contributed by atoms with E-state index in [1.165, 1.54) is 0 Å². The van der Waals surface area contributed by atoms with Crippen LogP contribution in [0.3, 0.4) is 0 Å². The van der Waals surface area contributed by atoms with Crippen LogP contribution >= 0.6 is 0 Å². The fourth-order valence-corrected chi connectivity index (χ4v) is 2.38. The third-order valence-electron chi connectivity index (χ3n) is 3.61. The van der Waals surface area contributed by atoms with Crippen LogP contribution in [-0.4, -0.2) is 44.6 Å². The summed E-state index contributed by atoms with van der Waals surface area (Å²) in [4.78, 5) is 2.02. The fraction of sp³-hybridized carbons (Fsp3) is 0.571. The maximum Gasteiger partial charge on any atom is 0.143 e. The van der Waals surface area contributed by atoms with Crippen LogP contribution in [0.1, 0.15) is 12.8 Å². The first-order chi connectivity index (χ1) is 9.04. The van der Waals surface area contributed by atoms with Gasteiger partial charge in [0.05, 0.1) is 18.4 Å². The van der Waals surface area contributed by atoms with Crippen molar-refractivity contribution in [1.82, 2.24) is 0 Å². The zero-order valence-electron chi connectivity index (χ0n) is 11.6. The molecule has 0 aromatic heterocycles. The number of rotatable bonds is 4. The predicted molar refractivity (Wildman–Crippen MR) is 75.7 cm³/mol. The highest BCUT2D eigenvalue weighted by atomic mass is 16.5. The summed E-state index contributed by atoms with van der Waals surface area (Å²) in [6.45, 7) is 1.81. The van der Waals surface area contributed by atoms with E-state index < -0.39 is 5.60 Å². The first kappa shape index (κ1) is 14.0. The molecule has 5 nitrogen and oxygen atoms in total. The van der Waals surface area contributed by atoms with Gasteiger partial charge in [0.2, 0.25) is 0 Å². The summed E-state index contributed by atoms with van der Waals surface area (Å²) in [6, 6.07) is 5.64. The van der Waals surface area contributed by atoms with Gasteiger partial charge in [0.25, 0.3) is 0 Å². The van der Waals surface area contributed by atoms with Crippen molar-refractivity contribution in [2.75, 3.05) is 44.5 Å². The van der Waals surface area contributed by atoms with Gasteiger partial charge in [-0.2, -0.15) is 0 Å². The van der Waals surface area contributed by atoms with Crippen LogP contribution in [0.25, 0.3) is 0 Å². The minimum atomic E-state index is -0.679. The zero-order chi connectivity index (χ0) is 13.9. The van der Waals surface area contributed by atoms with E-state index in [0.717, 1.165) is 5.69 Å². The van der Waals surface area contributed by atoms with Crippen molar-refractivity contribution in [3.8, 4) is 5.75 Å². The standard InChI is InChI=1S/C14H22N2O3/c1-16(10-14(17)5-7-19-8-6-14)11-3-4-12(15)13(9-11)18-2/h3-4,9,17H,5-8,10,15H2,1-2H3. The highest BCUT2D eigenvalue weighted by Crippen LogP contribution is 2.29. The molecule has 1 fully saturated rings. The van der Waals surface area contributed by atoms with Crippen molar-refractivity contribution >= 4 is 11.4 Å². The number of nitrogen functional groups attached to an aromatic ring is 1. The highest BCUT2D eigenvalue weighted by molar-refractivity contribution is 5.62. The molecule has 0 spiro atoms. The minimum absolute atomic E-state index is 0.573. The Hall–Kier alpha value is -1.46. The van der Waals surface area contributed by atoms with Crippen molar-refractivity contribution in [3.63, 3.8) is 0 Å². The molecule has 0 radical (unpaired) electrons. The SMILES string of the molecule is COc1cc(N(C)CC2(O)CCOCC2)ccc1N. The molecular formula is C14H22N2O3. The summed E-state index contributed by atoms with van der Waals surface area (Å²) in [5.41, 5.74) is 6.71. The van der Waals surface area contributed by atoms with Gasteiger partial charge in [0, 0.05) is 51.4 Å². The van der Waals surface area contributed by atoms with Crippen LogP contribution in [0.5, 0.6) is 5.75 Å². The largest absolute Gasteiger partial charge is 0.495 e. The van der Waals surface area contributed by atoms with Gasteiger partial charge in [-0.25, -0.2) is 0 Å². The summed E-state index contributed by atoms with van der Waals surface area (Å²) in [7, 11) is 3.56. The van der Waals surface area contributed by atoms with Gasteiger partial charge in [0.15, 0.2) is 0 Å². The molecule has 19 heavy (non-hydrogen) atoms. The second-order valence-electron chi connectivity index (χ2n) is 5.12. The molecule has 0 unspecified atom stereocenters. The summed E-state index contributed by atoms with van der Waals surface area (Å²) < 4.78 is 10.5. The average molecular weight is 266 g/mol. The molecular weight excluding hydrogens is 244 g/mol. The maximum absolute atomic E-state index is 10.5. The van der Waals surface area contributed by atoms with Crippen LogP contribution in [-0.2, 0) is 4.74 Å². The Morgan fingerprint density at radius 1 is 1.42 bits per heavy atom. The van der Waals surface area contributed by atoms with E-state index in [-0.39, 0.29) is 0 Å². The number of benzene rings is 1. The molecule has 1 aromatic rings. The lowest BCUT2D eigenvalue weighted by atomic mass is 9.94. The molecule has 1 aliphatic rings. The first-order valence-electron chi connectivity index (χ1n) is 6.49. The average Bonchev–Trinajstić information content (AvgIpc) is 2.39. The summed E-state index contributed by atoms with van der Waals surface area (Å²) in [5, 5.41) is 10.5. The van der Waals surface area contributed by atoms with E-state index >= 15 is 0 Å². The molecule has 0 atom stereocenters. The van der Waals surface area contributed by atoms with Gasteiger partial charge in [-0.3, -0.25) is 0 Å². The number of likely N-dealkylation sites (N-methyl/N-ethyl adjacent to an activating group) is 1. The third-order valence-corrected chi connectivity index (χ3v) is 3.61. The maximum atomic E-state index is 10.5. The quantitative estimate of drug-likeness (QED) is 0.803. The number of nitrogens with two attached hydrogens (primary N) is 1. The van der Waals surface area contributed by atoms with Crippen molar-refractivity contribution < 1.29 is 14.6 Å². The van der Waals surface area contributed by atoms with Gasteiger partial charge in [-0.15, -0.1) is 0 Å². The number of nitrogens with zero attached hydrogens (tertiary/aromatic N) is 1. The second kappa shape index (κ2) is 5.67. The second-order valence-corrected chi connectivity index (χ2v) is 5.12. The van der Waals surface area contributed by atoms with E-state index in [9.17, 15) is 5.11 Å². The Bertz CT molecular complexity index is 431. The zero-order valence-corrected chi connectivity index (χ0v) is 11.6. The molecule has 2 rings (SSSR count). The van der Waals surface area contributed by atoms with Crippen LogP contribution < -0.4 is 15.4 Å². The van der Waals surface area contributed by atoms with Crippen molar-refractivity contribution in [2.45, 2.75) is 18.4 Å². The number of hydrogen-bond donors (Lipinski definition) is 2. The van der Waals surface area contributed by atoms with Gasteiger partial charge in [-0.05, 0) is 12.1 Å². The van der Waals surface area contributed by atoms with Crippen LogP contribution in [0.2, 0.25) is 0 Å². The van der Waals surface area contributed by atoms with Crippen molar-refractivity contribution in [2.24, 2.45) is 0 Å². The Kier molecular flexibility index (Phi) is 4.17. The highest BCUT2D eigenvalue weighted by Gasteiger charge is 2.31.